The predicted molar refractivity (Wildman–Crippen MR) is 135 cm³/mol. The summed E-state index contributed by atoms with van der Waals surface area (Å²) in [6.07, 6.45) is 3.98. The number of piperidine rings is 1. The molecule has 31 heavy (non-hydrogen) atoms. The van der Waals surface area contributed by atoms with Crippen molar-refractivity contribution in [2.24, 2.45) is 0 Å². The van der Waals surface area contributed by atoms with Crippen LogP contribution in [0.4, 0.5) is 11.4 Å². The van der Waals surface area contributed by atoms with Crippen LogP contribution in [0, 0.1) is 13.8 Å². The highest BCUT2D eigenvalue weighted by Gasteiger charge is 2.36. The van der Waals surface area contributed by atoms with Gasteiger partial charge in [-0.3, -0.25) is 4.90 Å². The van der Waals surface area contributed by atoms with Gasteiger partial charge < -0.3 is 10.2 Å². The number of anilines is 2. The van der Waals surface area contributed by atoms with E-state index < -0.39 is 0 Å². The molecule has 2 aliphatic rings. The average Bonchev–Trinajstić information content (AvgIpc) is 3.01. The molecule has 3 heteroatoms. The van der Waals surface area contributed by atoms with E-state index in [1.54, 1.807) is 0 Å². The van der Waals surface area contributed by atoms with Crippen LogP contribution in [0.3, 0.4) is 0 Å². The minimum atomic E-state index is 0.115. The molecular weight excluding hydrogens is 378 g/mol. The summed E-state index contributed by atoms with van der Waals surface area (Å²) in [7, 11) is 0. The van der Waals surface area contributed by atoms with Crippen LogP contribution in [0.15, 0.2) is 55.3 Å². The molecule has 164 valence electrons. The van der Waals surface area contributed by atoms with Crippen LogP contribution < -0.4 is 10.2 Å². The minimum Gasteiger partial charge on any atom is -0.355 e. The Balaban J connectivity index is 1.55. The predicted octanol–water partition coefficient (Wildman–Crippen LogP) is 6.48. The Labute approximate surface area is 188 Å². The SMILES string of the molecule is C=C(Nc1ccc2c(c1)N(C(=C)CN1CCCCC1)CC2(C)C)c1ccc(C)c(C)c1. The molecule has 0 radical (unpaired) electrons. The zero-order chi connectivity index (χ0) is 22.2. The first-order valence-electron chi connectivity index (χ1n) is 11.6. The van der Waals surface area contributed by atoms with Gasteiger partial charge in [-0.05, 0) is 80.2 Å². The van der Waals surface area contributed by atoms with Crippen molar-refractivity contribution >= 4 is 17.1 Å². The molecule has 2 aromatic carbocycles. The van der Waals surface area contributed by atoms with Gasteiger partial charge in [0.15, 0.2) is 0 Å². The number of benzene rings is 2. The number of nitrogens with zero attached hydrogens (tertiary/aromatic N) is 2. The maximum atomic E-state index is 4.50. The summed E-state index contributed by atoms with van der Waals surface area (Å²) in [5.41, 5.74) is 9.74. The molecule has 0 aliphatic carbocycles. The third-order valence-electron chi connectivity index (χ3n) is 6.96. The van der Waals surface area contributed by atoms with Crippen LogP contribution in [0.1, 0.15) is 55.4 Å². The molecular formula is C28H37N3. The first-order chi connectivity index (χ1) is 14.7. The van der Waals surface area contributed by atoms with Crippen molar-refractivity contribution in [3.8, 4) is 0 Å². The van der Waals surface area contributed by atoms with E-state index in [1.807, 2.05) is 0 Å². The maximum absolute atomic E-state index is 4.50. The quantitative estimate of drug-likeness (QED) is 0.582. The van der Waals surface area contributed by atoms with Gasteiger partial charge in [0.2, 0.25) is 0 Å². The van der Waals surface area contributed by atoms with E-state index in [4.69, 9.17) is 0 Å². The van der Waals surface area contributed by atoms with Crippen molar-refractivity contribution in [1.82, 2.24) is 4.90 Å². The Kier molecular flexibility index (Phi) is 5.98. The summed E-state index contributed by atoms with van der Waals surface area (Å²) in [6, 6.07) is 13.2. The van der Waals surface area contributed by atoms with E-state index >= 15 is 0 Å². The lowest BCUT2D eigenvalue weighted by Gasteiger charge is -2.31. The fraction of sp³-hybridized carbons (Fsp3) is 0.429. The smallest absolute Gasteiger partial charge is 0.0468 e. The maximum Gasteiger partial charge on any atom is 0.0468 e. The van der Waals surface area contributed by atoms with E-state index in [2.05, 4.69) is 92.4 Å². The first kappa shape index (κ1) is 21.7. The minimum absolute atomic E-state index is 0.115. The lowest BCUT2D eigenvalue weighted by molar-refractivity contribution is 0.245. The zero-order valence-corrected chi connectivity index (χ0v) is 19.7. The van der Waals surface area contributed by atoms with E-state index in [-0.39, 0.29) is 5.41 Å². The van der Waals surface area contributed by atoms with Gasteiger partial charge in [0.25, 0.3) is 0 Å². The van der Waals surface area contributed by atoms with Crippen molar-refractivity contribution in [3.05, 3.63) is 77.5 Å². The van der Waals surface area contributed by atoms with E-state index in [9.17, 15) is 0 Å². The monoisotopic (exact) mass is 415 g/mol. The molecule has 0 atom stereocenters. The van der Waals surface area contributed by atoms with Crippen LogP contribution in [0.2, 0.25) is 0 Å². The number of rotatable bonds is 6. The third kappa shape index (κ3) is 4.57. The fourth-order valence-corrected chi connectivity index (χ4v) is 4.89. The van der Waals surface area contributed by atoms with Gasteiger partial charge >= 0.3 is 0 Å². The molecule has 2 heterocycles. The van der Waals surface area contributed by atoms with Crippen LogP contribution in [-0.4, -0.2) is 31.1 Å². The molecule has 0 spiro atoms. The van der Waals surface area contributed by atoms with Crippen molar-refractivity contribution in [3.63, 3.8) is 0 Å². The highest BCUT2D eigenvalue weighted by Crippen LogP contribution is 2.43. The highest BCUT2D eigenvalue weighted by atomic mass is 15.2. The van der Waals surface area contributed by atoms with E-state index in [1.165, 1.54) is 60.4 Å². The normalized spacial score (nSPS) is 18.0. The van der Waals surface area contributed by atoms with Gasteiger partial charge in [-0.15, -0.1) is 0 Å². The number of likely N-dealkylation sites (tertiary alicyclic amines) is 1. The highest BCUT2D eigenvalue weighted by molar-refractivity contribution is 5.79. The Bertz CT molecular complexity index is 995. The van der Waals surface area contributed by atoms with Crippen molar-refractivity contribution in [2.45, 2.75) is 52.4 Å². The standard InChI is InChI=1S/C28H37N3/c1-20-10-11-24(16-21(20)2)23(4)29-25-12-13-26-27(17-25)31(19-28(26,5)6)22(3)18-30-14-8-7-9-15-30/h10-13,16-17,29H,3-4,7-9,14-15,18-19H2,1-2,5-6H3. The zero-order valence-electron chi connectivity index (χ0n) is 19.7. The Morgan fingerprint density at radius 1 is 0.968 bits per heavy atom. The second kappa shape index (κ2) is 8.55. The van der Waals surface area contributed by atoms with Crippen LogP contribution in [0.5, 0.6) is 0 Å². The number of hydrogen-bond acceptors (Lipinski definition) is 3. The number of aryl methyl sites for hydroxylation is 2. The van der Waals surface area contributed by atoms with Gasteiger partial charge in [-0.25, -0.2) is 0 Å². The Morgan fingerprint density at radius 2 is 1.71 bits per heavy atom. The van der Waals surface area contributed by atoms with Crippen LogP contribution in [-0.2, 0) is 5.41 Å². The molecule has 1 fully saturated rings. The molecule has 0 bridgehead atoms. The summed E-state index contributed by atoms with van der Waals surface area (Å²) in [5.74, 6) is 0. The third-order valence-corrected chi connectivity index (χ3v) is 6.96. The molecule has 0 aromatic heterocycles. The summed E-state index contributed by atoms with van der Waals surface area (Å²) < 4.78 is 0. The van der Waals surface area contributed by atoms with Gasteiger partial charge in [0.1, 0.15) is 0 Å². The molecule has 2 aliphatic heterocycles. The number of nitrogens with one attached hydrogen (secondary N) is 1. The lowest BCUT2D eigenvalue weighted by atomic mass is 9.87. The largest absolute Gasteiger partial charge is 0.355 e. The molecule has 0 unspecified atom stereocenters. The van der Waals surface area contributed by atoms with E-state index in [0.717, 1.165) is 30.0 Å². The molecule has 2 aromatic rings. The molecule has 1 N–H and O–H groups in total. The number of fused-ring (bicyclic) bond motifs is 1. The molecule has 4 rings (SSSR count). The Hall–Kier alpha value is -2.52. The lowest BCUT2D eigenvalue weighted by Crippen LogP contribution is -2.37. The summed E-state index contributed by atoms with van der Waals surface area (Å²) in [6.45, 7) is 22.1. The van der Waals surface area contributed by atoms with Crippen LogP contribution in [0.25, 0.3) is 5.70 Å². The number of hydrogen-bond donors (Lipinski definition) is 1. The summed E-state index contributed by atoms with van der Waals surface area (Å²) in [5, 5.41) is 3.54. The Morgan fingerprint density at radius 3 is 2.42 bits per heavy atom. The van der Waals surface area contributed by atoms with Gasteiger partial charge in [-0.1, -0.05) is 51.6 Å². The van der Waals surface area contributed by atoms with Gasteiger partial charge in [0.05, 0.1) is 0 Å². The van der Waals surface area contributed by atoms with Crippen molar-refractivity contribution < 1.29 is 0 Å². The molecule has 0 saturated carbocycles. The summed E-state index contributed by atoms with van der Waals surface area (Å²) >= 11 is 0. The van der Waals surface area contributed by atoms with Gasteiger partial charge in [-0.2, -0.15) is 0 Å². The second-order valence-electron chi connectivity index (χ2n) is 10.0. The fourth-order valence-electron chi connectivity index (χ4n) is 4.89. The van der Waals surface area contributed by atoms with Gasteiger partial charge in [0, 0.05) is 41.3 Å². The molecule has 3 nitrogen and oxygen atoms in total. The van der Waals surface area contributed by atoms with Crippen LogP contribution >= 0.6 is 0 Å². The van der Waals surface area contributed by atoms with E-state index in [0.29, 0.717) is 0 Å². The second-order valence-corrected chi connectivity index (χ2v) is 10.0. The van der Waals surface area contributed by atoms with Crippen molar-refractivity contribution in [2.75, 3.05) is 36.4 Å². The molecule has 0 amide bonds. The topological polar surface area (TPSA) is 18.5 Å². The summed E-state index contributed by atoms with van der Waals surface area (Å²) in [4.78, 5) is 4.99. The first-order valence-corrected chi connectivity index (χ1v) is 11.6. The van der Waals surface area contributed by atoms with Crippen molar-refractivity contribution in [1.29, 1.82) is 0 Å². The average molecular weight is 416 g/mol. The molecule has 1 saturated heterocycles.